The third-order valence-electron chi connectivity index (χ3n) is 3.23. The normalized spacial score (nSPS) is 12.5. The Morgan fingerprint density at radius 3 is 2.35 bits per heavy atom. The van der Waals surface area contributed by atoms with Gasteiger partial charge in [-0.1, -0.05) is 6.92 Å². The molecule has 0 radical (unpaired) electrons. The Hall–Kier alpha value is -2.38. The van der Waals surface area contributed by atoms with Crippen molar-refractivity contribution in [2.45, 2.75) is 26.4 Å². The first-order valence-corrected chi connectivity index (χ1v) is 6.75. The lowest BCUT2D eigenvalue weighted by atomic mass is 10.0. The van der Waals surface area contributed by atoms with Gasteiger partial charge in [0.2, 0.25) is 0 Å². The van der Waals surface area contributed by atoms with Crippen LogP contribution in [0.25, 0.3) is 0 Å². The molecule has 0 heterocycles. The lowest BCUT2D eigenvalue weighted by Crippen LogP contribution is -2.23. The summed E-state index contributed by atoms with van der Waals surface area (Å²) in [5.41, 5.74) is -1.09. The van der Waals surface area contributed by atoms with E-state index >= 15 is 0 Å². The van der Waals surface area contributed by atoms with Gasteiger partial charge in [0, 0.05) is 24.5 Å². The van der Waals surface area contributed by atoms with Crippen LogP contribution in [-0.4, -0.2) is 25.3 Å². The maximum absolute atomic E-state index is 13.9. The Morgan fingerprint density at radius 2 is 1.91 bits per heavy atom. The van der Waals surface area contributed by atoms with E-state index < -0.39 is 29.0 Å². The van der Waals surface area contributed by atoms with Crippen molar-refractivity contribution in [1.29, 1.82) is 5.41 Å². The molecule has 0 unspecified atom stereocenters. The average molecular weight is 331 g/mol. The number of benzene rings is 1. The monoisotopic (exact) mass is 331 g/mol. The lowest BCUT2D eigenvalue weighted by molar-refractivity contribution is -0.114. The molecular formula is C15H17F4N3O. The second-order valence-electron chi connectivity index (χ2n) is 4.74. The smallest absolute Gasteiger partial charge is 0.388 e. The van der Waals surface area contributed by atoms with E-state index in [4.69, 9.17) is 5.41 Å². The Labute approximate surface area is 131 Å². The summed E-state index contributed by atoms with van der Waals surface area (Å²) in [6.07, 6.45) is -4.99. The van der Waals surface area contributed by atoms with Crippen LogP contribution in [0.5, 0.6) is 0 Å². The highest BCUT2D eigenvalue weighted by atomic mass is 19.4. The third kappa shape index (κ3) is 4.30. The Morgan fingerprint density at radius 1 is 1.30 bits per heavy atom. The van der Waals surface area contributed by atoms with E-state index in [1.165, 1.54) is 13.0 Å². The molecule has 126 valence electrons. The van der Waals surface area contributed by atoms with Crippen LogP contribution in [0.1, 0.15) is 18.9 Å². The van der Waals surface area contributed by atoms with Gasteiger partial charge in [0.05, 0.1) is 11.3 Å². The molecule has 0 spiro atoms. The summed E-state index contributed by atoms with van der Waals surface area (Å²) in [5, 5.41) is 11.8. The maximum atomic E-state index is 13.9. The van der Waals surface area contributed by atoms with Gasteiger partial charge in [0.25, 0.3) is 5.91 Å². The minimum atomic E-state index is -4.83. The summed E-state index contributed by atoms with van der Waals surface area (Å²) in [7, 11) is 1.60. The van der Waals surface area contributed by atoms with Gasteiger partial charge in [-0.15, -0.1) is 0 Å². The van der Waals surface area contributed by atoms with Crippen LogP contribution in [0.2, 0.25) is 0 Å². The van der Waals surface area contributed by atoms with Crippen LogP contribution < -0.4 is 10.6 Å². The average Bonchev–Trinajstić information content (AvgIpc) is 2.45. The van der Waals surface area contributed by atoms with Crippen molar-refractivity contribution in [3.8, 4) is 0 Å². The summed E-state index contributed by atoms with van der Waals surface area (Å²) in [6.45, 7) is 3.00. The molecule has 1 rings (SSSR count). The molecule has 8 heteroatoms. The fraction of sp³-hybridized carbons (Fsp3) is 0.333. The number of allylic oxidation sites excluding steroid dienone is 1. The fourth-order valence-electron chi connectivity index (χ4n) is 2.05. The molecule has 0 aliphatic heterocycles. The van der Waals surface area contributed by atoms with Crippen molar-refractivity contribution in [2.24, 2.45) is 0 Å². The van der Waals surface area contributed by atoms with Crippen LogP contribution >= 0.6 is 0 Å². The zero-order valence-electron chi connectivity index (χ0n) is 12.9. The summed E-state index contributed by atoms with van der Waals surface area (Å²) in [5.74, 6) is -1.85. The van der Waals surface area contributed by atoms with E-state index in [1.807, 2.05) is 0 Å². The molecule has 0 saturated carbocycles. The molecule has 1 aromatic rings. The number of nitrogens with one attached hydrogen (secondary N) is 3. The summed E-state index contributed by atoms with van der Waals surface area (Å²) in [4.78, 5) is 12.1. The first-order valence-electron chi connectivity index (χ1n) is 6.75. The summed E-state index contributed by atoms with van der Waals surface area (Å²) in [6, 6.07) is 2.46. The molecule has 0 bridgehead atoms. The van der Waals surface area contributed by atoms with Crippen molar-refractivity contribution >= 4 is 23.5 Å². The Bertz CT molecular complexity index is 651. The quantitative estimate of drug-likeness (QED) is 0.433. The van der Waals surface area contributed by atoms with Gasteiger partial charge >= 0.3 is 6.18 Å². The van der Waals surface area contributed by atoms with Gasteiger partial charge in [-0.3, -0.25) is 4.79 Å². The minimum absolute atomic E-state index is 0.0862. The highest BCUT2D eigenvalue weighted by molar-refractivity contribution is 6.07. The highest BCUT2D eigenvalue weighted by Gasteiger charge is 2.36. The standard InChI is InChI=1S/C15H17F4N3O/c1-4-9(10(7-20)15(17,18)19)14(23)22-13-6-12(21-3)8(2)5-11(13)16/h5-7,20-21H,4H2,1-3H3,(H,22,23)/b10-9+,20-7?. The Balaban J connectivity index is 3.25. The van der Waals surface area contributed by atoms with Crippen molar-refractivity contribution in [3.05, 3.63) is 34.7 Å². The second kappa shape index (κ2) is 7.26. The summed E-state index contributed by atoms with van der Waals surface area (Å²) < 4.78 is 52.4. The van der Waals surface area contributed by atoms with E-state index in [9.17, 15) is 22.4 Å². The predicted molar refractivity (Wildman–Crippen MR) is 81.5 cm³/mol. The second-order valence-corrected chi connectivity index (χ2v) is 4.74. The third-order valence-corrected chi connectivity index (χ3v) is 3.23. The number of carbonyl (C=O) groups excluding carboxylic acids is 1. The Kier molecular flexibility index (Phi) is 5.89. The van der Waals surface area contributed by atoms with Gasteiger partial charge in [0.1, 0.15) is 5.82 Å². The first-order chi connectivity index (χ1) is 10.6. The lowest BCUT2D eigenvalue weighted by Gasteiger charge is -2.15. The number of anilines is 2. The van der Waals surface area contributed by atoms with Gasteiger partial charge in [0.15, 0.2) is 0 Å². The molecule has 4 nitrogen and oxygen atoms in total. The molecular weight excluding hydrogens is 314 g/mol. The number of aryl methyl sites for hydroxylation is 1. The number of halogens is 4. The molecule has 1 amide bonds. The van der Waals surface area contributed by atoms with E-state index in [0.29, 0.717) is 11.3 Å². The van der Waals surface area contributed by atoms with Gasteiger partial charge in [-0.05, 0) is 31.0 Å². The number of amides is 1. The van der Waals surface area contributed by atoms with Gasteiger partial charge in [-0.2, -0.15) is 13.2 Å². The molecule has 23 heavy (non-hydrogen) atoms. The zero-order chi connectivity index (χ0) is 17.8. The van der Waals surface area contributed by atoms with E-state index in [1.54, 1.807) is 14.0 Å². The molecule has 0 fully saturated rings. The largest absolute Gasteiger partial charge is 0.418 e. The topological polar surface area (TPSA) is 65.0 Å². The highest BCUT2D eigenvalue weighted by Crippen LogP contribution is 2.29. The molecule has 0 saturated heterocycles. The molecule has 1 aromatic carbocycles. The minimum Gasteiger partial charge on any atom is -0.388 e. The van der Waals surface area contributed by atoms with Crippen LogP contribution in [0.15, 0.2) is 23.3 Å². The van der Waals surface area contributed by atoms with Crippen molar-refractivity contribution < 1.29 is 22.4 Å². The van der Waals surface area contributed by atoms with Crippen LogP contribution in [0, 0.1) is 18.2 Å². The number of hydrogen-bond acceptors (Lipinski definition) is 3. The van der Waals surface area contributed by atoms with Crippen molar-refractivity contribution in [1.82, 2.24) is 0 Å². The van der Waals surface area contributed by atoms with E-state index in [0.717, 1.165) is 6.07 Å². The molecule has 0 aromatic heterocycles. The number of rotatable bonds is 5. The molecule has 3 N–H and O–H groups in total. The molecule has 0 aliphatic carbocycles. The van der Waals surface area contributed by atoms with E-state index in [2.05, 4.69) is 10.6 Å². The maximum Gasteiger partial charge on any atom is 0.418 e. The van der Waals surface area contributed by atoms with Crippen LogP contribution in [0.3, 0.4) is 0 Å². The van der Waals surface area contributed by atoms with Gasteiger partial charge in [-0.25, -0.2) is 4.39 Å². The molecule has 0 atom stereocenters. The zero-order valence-corrected chi connectivity index (χ0v) is 12.9. The predicted octanol–water partition coefficient (Wildman–Crippen LogP) is 4.03. The number of carbonyl (C=O) groups is 1. The SMILES string of the molecule is CC/C(C(=O)Nc1cc(NC)c(C)cc1F)=C(/C=N)C(F)(F)F. The molecule has 0 aliphatic rings. The van der Waals surface area contributed by atoms with Crippen LogP contribution in [0.4, 0.5) is 28.9 Å². The van der Waals surface area contributed by atoms with E-state index in [-0.39, 0.29) is 18.3 Å². The van der Waals surface area contributed by atoms with Gasteiger partial charge < -0.3 is 16.0 Å². The van der Waals surface area contributed by atoms with Crippen molar-refractivity contribution in [3.63, 3.8) is 0 Å². The number of alkyl halides is 3. The first kappa shape index (κ1) is 18.7. The van der Waals surface area contributed by atoms with Crippen molar-refractivity contribution in [2.75, 3.05) is 17.7 Å². The number of hydrogen-bond donors (Lipinski definition) is 3. The fourth-order valence-corrected chi connectivity index (χ4v) is 2.05. The summed E-state index contributed by atoms with van der Waals surface area (Å²) >= 11 is 0. The van der Waals surface area contributed by atoms with Crippen LogP contribution in [-0.2, 0) is 4.79 Å².